The van der Waals surface area contributed by atoms with Crippen LogP contribution in [0, 0.1) is 11.6 Å². The Morgan fingerprint density at radius 1 is 1.10 bits per heavy atom. The third-order valence-corrected chi connectivity index (χ3v) is 4.26. The Labute approximate surface area is 120 Å². The first-order valence-corrected chi connectivity index (χ1v) is 7.12. The van der Waals surface area contributed by atoms with Crippen LogP contribution >= 0.6 is 0 Å². The second kappa shape index (κ2) is 4.65. The van der Waals surface area contributed by atoms with Gasteiger partial charge in [0.05, 0.1) is 5.52 Å². The highest BCUT2D eigenvalue weighted by Crippen LogP contribution is 2.32. The maximum Gasteiger partial charge on any atom is 0.153 e. The molecule has 106 valence electrons. The quantitative estimate of drug-likeness (QED) is 0.715. The summed E-state index contributed by atoms with van der Waals surface area (Å²) in [5.41, 5.74) is 3.36. The summed E-state index contributed by atoms with van der Waals surface area (Å²) in [4.78, 5) is 7.44. The number of nitrogens with zero attached hydrogens (tertiary/aromatic N) is 1. The standard InChI is InChI=1S/C17H14F2N2/c18-13-8-14(19)16-15(9-13)20-17(21-16)12-6-5-10-3-1-2-4-11(10)7-12/h1-4,8-9,12H,5-7H2,(H,20,21). The van der Waals surface area contributed by atoms with Gasteiger partial charge < -0.3 is 4.98 Å². The number of halogens is 2. The topological polar surface area (TPSA) is 28.7 Å². The van der Waals surface area contributed by atoms with E-state index in [1.807, 2.05) is 6.07 Å². The van der Waals surface area contributed by atoms with E-state index >= 15 is 0 Å². The van der Waals surface area contributed by atoms with Crippen LogP contribution in [0.25, 0.3) is 11.0 Å². The predicted molar refractivity (Wildman–Crippen MR) is 77.2 cm³/mol. The number of rotatable bonds is 1. The van der Waals surface area contributed by atoms with E-state index in [9.17, 15) is 8.78 Å². The van der Waals surface area contributed by atoms with E-state index in [2.05, 4.69) is 28.2 Å². The third-order valence-electron chi connectivity index (χ3n) is 4.26. The molecule has 1 aliphatic rings. The summed E-state index contributed by atoms with van der Waals surface area (Å²) in [5, 5.41) is 0. The Morgan fingerprint density at radius 3 is 2.76 bits per heavy atom. The summed E-state index contributed by atoms with van der Waals surface area (Å²) in [6.07, 6.45) is 2.86. The van der Waals surface area contributed by atoms with Crippen molar-refractivity contribution in [2.45, 2.75) is 25.2 Å². The van der Waals surface area contributed by atoms with Crippen LogP contribution in [0.1, 0.15) is 29.3 Å². The van der Waals surface area contributed by atoms with E-state index in [4.69, 9.17) is 0 Å². The normalized spacial score (nSPS) is 17.9. The molecule has 1 aliphatic carbocycles. The van der Waals surface area contributed by atoms with Crippen molar-refractivity contribution < 1.29 is 8.78 Å². The first kappa shape index (κ1) is 12.5. The molecule has 0 bridgehead atoms. The number of nitrogens with one attached hydrogen (secondary N) is 1. The molecule has 1 unspecified atom stereocenters. The van der Waals surface area contributed by atoms with E-state index < -0.39 is 11.6 Å². The second-order valence-corrected chi connectivity index (χ2v) is 5.61. The van der Waals surface area contributed by atoms with Crippen LogP contribution in [0.3, 0.4) is 0 Å². The monoisotopic (exact) mass is 284 g/mol. The third kappa shape index (κ3) is 2.11. The molecule has 21 heavy (non-hydrogen) atoms. The number of benzene rings is 2. The van der Waals surface area contributed by atoms with Crippen LogP contribution in [-0.4, -0.2) is 9.97 Å². The van der Waals surface area contributed by atoms with Crippen molar-refractivity contribution in [2.75, 3.05) is 0 Å². The zero-order valence-corrected chi connectivity index (χ0v) is 11.4. The van der Waals surface area contributed by atoms with E-state index in [1.165, 1.54) is 17.2 Å². The Kier molecular flexibility index (Phi) is 2.77. The molecule has 3 aromatic rings. The molecule has 4 heteroatoms. The number of hydrogen-bond donors (Lipinski definition) is 1. The number of aryl methyl sites for hydroxylation is 1. The van der Waals surface area contributed by atoms with Crippen LogP contribution in [0.5, 0.6) is 0 Å². The molecule has 0 aliphatic heterocycles. The van der Waals surface area contributed by atoms with Gasteiger partial charge in [-0.05, 0) is 36.5 Å². The Hall–Kier alpha value is -2.23. The van der Waals surface area contributed by atoms with Crippen molar-refractivity contribution in [3.05, 3.63) is 65.0 Å². The fourth-order valence-electron chi connectivity index (χ4n) is 3.19. The molecule has 2 aromatic carbocycles. The van der Waals surface area contributed by atoms with Crippen molar-refractivity contribution in [1.29, 1.82) is 0 Å². The van der Waals surface area contributed by atoms with Crippen molar-refractivity contribution in [3.63, 3.8) is 0 Å². The minimum atomic E-state index is -0.608. The number of aromatic nitrogens is 2. The molecule has 1 atom stereocenters. The molecule has 0 fully saturated rings. The number of aromatic amines is 1. The lowest BCUT2D eigenvalue weighted by molar-refractivity contribution is 0.560. The number of fused-ring (bicyclic) bond motifs is 2. The van der Waals surface area contributed by atoms with Gasteiger partial charge in [-0.2, -0.15) is 0 Å². The van der Waals surface area contributed by atoms with E-state index in [0.717, 1.165) is 31.2 Å². The Balaban J connectivity index is 1.73. The minimum Gasteiger partial charge on any atom is -0.342 e. The maximum atomic E-state index is 13.7. The fraction of sp³-hybridized carbons (Fsp3) is 0.235. The van der Waals surface area contributed by atoms with Gasteiger partial charge in [0.2, 0.25) is 0 Å². The molecule has 4 rings (SSSR count). The molecule has 1 N–H and O–H groups in total. The van der Waals surface area contributed by atoms with Crippen molar-refractivity contribution in [3.8, 4) is 0 Å². The summed E-state index contributed by atoms with van der Waals surface area (Å²) >= 11 is 0. The molecule has 0 amide bonds. The van der Waals surface area contributed by atoms with Gasteiger partial charge in [-0.1, -0.05) is 24.3 Å². The average molecular weight is 284 g/mol. The summed E-state index contributed by atoms with van der Waals surface area (Å²) in [6.45, 7) is 0. The first-order chi connectivity index (χ1) is 10.2. The van der Waals surface area contributed by atoms with Gasteiger partial charge >= 0.3 is 0 Å². The van der Waals surface area contributed by atoms with Crippen molar-refractivity contribution in [1.82, 2.24) is 9.97 Å². The highest BCUT2D eigenvalue weighted by atomic mass is 19.1. The maximum absolute atomic E-state index is 13.7. The van der Waals surface area contributed by atoms with Gasteiger partial charge in [0.15, 0.2) is 5.82 Å². The highest BCUT2D eigenvalue weighted by Gasteiger charge is 2.23. The van der Waals surface area contributed by atoms with E-state index in [1.54, 1.807) is 0 Å². The molecule has 0 saturated carbocycles. The number of imidazole rings is 1. The summed E-state index contributed by atoms with van der Waals surface area (Å²) in [6, 6.07) is 10.5. The molecule has 0 spiro atoms. The SMILES string of the molecule is Fc1cc(F)c2nc(C3CCc4ccccc4C3)[nH]c2c1. The summed E-state index contributed by atoms with van der Waals surface area (Å²) < 4.78 is 27.0. The molecular weight excluding hydrogens is 270 g/mol. The summed E-state index contributed by atoms with van der Waals surface area (Å²) in [5.74, 6) is -0.202. The fourth-order valence-corrected chi connectivity index (χ4v) is 3.19. The van der Waals surface area contributed by atoms with Crippen LogP contribution in [0.4, 0.5) is 8.78 Å². The van der Waals surface area contributed by atoms with Gasteiger partial charge in [0, 0.05) is 12.0 Å². The number of H-pyrrole nitrogens is 1. The zero-order chi connectivity index (χ0) is 14.4. The minimum absolute atomic E-state index is 0.227. The molecular formula is C17H14F2N2. The molecule has 0 radical (unpaired) electrons. The smallest absolute Gasteiger partial charge is 0.153 e. The van der Waals surface area contributed by atoms with Gasteiger partial charge in [-0.25, -0.2) is 13.8 Å². The van der Waals surface area contributed by atoms with Crippen LogP contribution < -0.4 is 0 Å². The van der Waals surface area contributed by atoms with Crippen LogP contribution in [-0.2, 0) is 12.8 Å². The van der Waals surface area contributed by atoms with Gasteiger partial charge in [-0.3, -0.25) is 0 Å². The van der Waals surface area contributed by atoms with E-state index in [-0.39, 0.29) is 11.4 Å². The molecule has 2 nitrogen and oxygen atoms in total. The van der Waals surface area contributed by atoms with Gasteiger partial charge in [-0.15, -0.1) is 0 Å². The lowest BCUT2D eigenvalue weighted by Crippen LogP contribution is -2.13. The first-order valence-electron chi connectivity index (χ1n) is 7.12. The Bertz CT molecular complexity index is 823. The average Bonchev–Trinajstić information content (AvgIpc) is 2.91. The van der Waals surface area contributed by atoms with Gasteiger partial charge in [0.1, 0.15) is 17.2 Å². The van der Waals surface area contributed by atoms with Crippen LogP contribution in [0.2, 0.25) is 0 Å². The number of hydrogen-bond acceptors (Lipinski definition) is 1. The van der Waals surface area contributed by atoms with Gasteiger partial charge in [0.25, 0.3) is 0 Å². The second-order valence-electron chi connectivity index (χ2n) is 5.61. The van der Waals surface area contributed by atoms with Crippen molar-refractivity contribution >= 4 is 11.0 Å². The van der Waals surface area contributed by atoms with E-state index in [0.29, 0.717) is 5.52 Å². The highest BCUT2D eigenvalue weighted by molar-refractivity contribution is 5.75. The van der Waals surface area contributed by atoms with Crippen molar-refractivity contribution in [2.24, 2.45) is 0 Å². The molecule has 0 saturated heterocycles. The lowest BCUT2D eigenvalue weighted by atomic mass is 9.83. The Morgan fingerprint density at radius 2 is 1.90 bits per heavy atom. The lowest BCUT2D eigenvalue weighted by Gasteiger charge is -2.22. The molecule has 1 heterocycles. The molecule has 1 aromatic heterocycles. The summed E-state index contributed by atoms with van der Waals surface area (Å²) in [7, 11) is 0. The predicted octanol–water partition coefficient (Wildman–Crippen LogP) is 4.11. The van der Waals surface area contributed by atoms with Crippen LogP contribution in [0.15, 0.2) is 36.4 Å². The largest absolute Gasteiger partial charge is 0.342 e. The zero-order valence-electron chi connectivity index (χ0n) is 11.4.